The third kappa shape index (κ3) is 2.34. The number of para-hydroxylation sites is 2. The minimum Gasteiger partial charge on any atom is -0.357 e. The van der Waals surface area contributed by atoms with Crippen molar-refractivity contribution in [3.63, 3.8) is 0 Å². The molecule has 0 saturated carbocycles. The van der Waals surface area contributed by atoms with Gasteiger partial charge in [-0.05, 0) is 42.9 Å². The summed E-state index contributed by atoms with van der Waals surface area (Å²) in [6.45, 7) is 4.10. The fraction of sp³-hybridized carbons (Fsp3) is 0.333. The van der Waals surface area contributed by atoms with Gasteiger partial charge in [0.25, 0.3) is 0 Å². The van der Waals surface area contributed by atoms with Crippen LogP contribution in [0, 0.1) is 18.3 Å². The number of hydrogen-bond donors (Lipinski definition) is 0. The number of anilines is 1. The van der Waals surface area contributed by atoms with Crippen molar-refractivity contribution in [1.82, 2.24) is 9.38 Å². The molecule has 0 N–H and O–H groups in total. The highest BCUT2D eigenvalue weighted by Crippen LogP contribution is 2.29. The molecule has 0 atom stereocenters. The first-order valence-corrected chi connectivity index (χ1v) is 9.08. The summed E-state index contributed by atoms with van der Waals surface area (Å²) in [6.07, 6.45) is 1.19. The lowest BCUT2D eigenvalue weighted by atomic mass is 10.1. The summed E-state index contributed by atoms with van der Waals surface area (Å²) >= 11 is 2.02. The maximum absolute atomic E-state index is 9.57. The smallest absolute Gasteiger partial charge is 0.157 e. The van der Waals surface area contributed by atoms with Crippen molar-refractivity contribution in [2.45, 2.75) is 13.3 Å². The number of rotatable bonds is 1. The highest BCUT2D eigenvalue weighted by Gasteiger charge is 2.19. The fourth-order valence-electron chi connectivity index (χ4n) is 3.28. The Kier molecular flexibility index (Phi) is 3.62. The second kappa shape index (κ2) is 5.78. The van der Waals surface area contributed by atoms with E-state index in [9.17, 15) is 5.26 Å². The van der Waals surface area contributed by atoms with E-state index in [1.807, 2.05) is 36.9 Å². The number of nitriles is 1. The van der Waals surface area contributed by atoms with Crippen LogP contribution in [-0.2, 0) is 0 Å². The molecule has 0 aliphatic carbocycles. The lowest BCUT2D eigenvalue weighted by Crippen LogP contribution is -2.27. The maximum atomic E-state index is 9.57. The van der Waals surface area contributed by atoms with Crippen LogP contribution >= 0.6 is 11.8 Å². The zero-order chi connectivity index (χ0) is 15.8. The molecule has 0 unspecified atom stereocenters. The number of aryl methyl sites for hydroxylation is 1. The van der Waals surface area contributed by atoms with Crippen LogP contribution in [0.2, 0.25) is 0 Å². The average Bonchev–Trinajstić information content (AvgIpc) is 2.75. The van der Waals surface area contributed by atoms with Crippen LogP contribution in [-0.4, -0.2) is 34.0 Å². The molecule has 5 heteroatoms. The van der Waals surface area contributed by atoms with Gasteiger partial charge in [0.2, 0.25) is 0 Å². The maximum Gasteiger partial charge on any atom is 0.157 e. The Labute approximate surface area is 139 Å². The Bertz CT molecular complexity index is 914. The number of hydrogen-bond acceptors (Lipinski definition) is 4. The summed E-state index contributed by atoms with van der Waals surface area (Å²) in [5.74, 6) is 3.53. The molecule has 0 bridgehead atoms. The zero-order valence-electron chi connectivity index (χ0n) is 13.1. The molecule has 4 nitrogen and oxygen atoms in total. The number of fused-ring (bicyclic) bond motifs is 3. The molecular formula is C18H18N4S. The first kappa shape index (κ1) is 14.4. The summed E-state index contributed by atoms with van der Waals surface area (Å²) in [4.78, 5) is 7.17. The van der Waals surface area contributed by atoms with E-state index in [-0.39, 0.29) is 0 Å². The molecular weight excluding hydrogens is 304 g/mol. The van der Waals surface area contributed by atoms with Crippen LogP contribution in [0.25, 0.3) is 16.7 Å². The van der Waals surface area contributed by atoms with E-state index in [0.717, 1.165) is 46.9 Å². The number of imidazole rings is 1. The van der Waals surface area contributed by atoms with Crippen molar-refractivity contribution in [3.8, 4) is 6.07 Å². The Morgan fingerprint density at radius 1 is 1.22 bits per heavy atom. The number of thioether (sulfide) groups is 1. The normalized spacial score (nSPS) is 15.7. The largest absolute Gasteiger partial charge is 0.357 e. The first-order valence-electron chi connectivity index (χ1n) is 7.93. The van der Waals surface area contributed by atoms with Gasteiger partial charge in [-0.15, -0.1) is 0 Å². The number of benzene rings is 1. The molecule has 4 rings (SSSR count). The molecule has 1 aromatic carbocycles. The van der Waals surface area contributed by atoms with Gasteiger partial charge >= 0.3 is 0 Å². The molecule has 0 spiro atoms. The SMILES string of the molecule is Cc1cc(N2CCCSCC2)n2c(nc3ccccc32)c1C#N. The quantitative estimate of drug-likeness (QED) is 0.686. The molecule has 3 heterocycles. The van der Waals surface area contributed by atoms with E-state index in [4.69, 9.17) is 4.98 Å². The molecule has 1 saturated heterocycles. The van der Waals surface area contributed by atoms with Gasteiger partial charge in [-0.2, -0.15) is 17.0 Å². The van der Waals surface area contributed by atoms with E-state index < -0.39 is 0 Å². The van der Waals surface area contributed by atoms with Gasteiger partial charge < -0.3 is 4.90 Å². The second-order valence-electron chi connectivity index (χ2n) is 5.88. The summed E-state index contributed by atoms with van der Waals surface area (Å²) in [5.41, 5.74) is 4.47. The van der Waals surface area contributed by atoms with Gasteiger partial charge in [-0.3, -0.25) is 4.40 Å². The van der Waals surface area contributed by atoms with Crippen molar-refractivity contribution >= 4 is 34.3 Å². The van der Waals surface area contributed by atoms with Gasteiger partial charge in [0.05, 0.1) is 16.6 Å². The minimum atomic E-state index is 0.675. The number of nitrogens with zero attached hydrogens (tertiary/aromatic N) is 4. The predicted molar refractivity (Wildman–Crippen MR) is 96.3 cm³/mol. The van der Waals surface area contributed by atoms with Crippen molar-refractivity contribution in [2.75, 3.05) is 29.5 Å². The highest BCUT2D eigenvalue weighted by molar-refractivity contribution is 7.99. The van der Waals surface area contributed by atoms with E-state index >= 15 is 0 Å². The standard InChI is InChI=1S/C18H18N4S/c1-13-11-17(21-7-4-9-23-10-8-21)22-16-6-3-2-5-15(16)20-18(22)14(13)12-19/h2-3,5-6,11H,4,7-10H2,1H3. The third-order valence-electron chi connectivity index (χ3n) is 4.41. The van der Waals surface area contributed by atoms with Crippen LogP contribution in [0.1, 0.15) is 17.5 Å². The predicted octanol–water partition coefficient (Wildman–Crippen LogP) is 3.61. The average molecular weight is 322 g/mol. The number of aromatic nitrogens is 2. The van der Waals surface area contributed by atoms with Crippen LogP contribution in [0.4, 0.5) is 5.82 Å². The van der Waals surface area contributed by atoms with Crippen molar-refractivity contribution in [2.24, 2.45) is 0 Å². The summed E-state index contributed by atoms with van der Waals surface area (Å²) in [6, 6.07) is 12.6. The molecule has 2 aromatic heterocycles. The van der Waals surface area contributed by atoms with Crippen LogP contribution in [0.5, 0.6) is 0 Å². The summed E-state index contributed by atoms with van der Waals surface area (Å²) < 4.78 is 2.16. The lowest BCUT2D eigenvalue weighted by molar-refractivity contribution is 0.795. The van der Waals surface area contributed by atoms with Crippen LogP contribution < -0.4 is 4.90 Å². The van der Waals surface area contributed by atoms with Gasteiger partial charge in [-0.25, -0.2) is 4.98 Å². The Morgan fingerprint density at radius 2 is 2.09 bits per heavy atom. The monoisotopic (exact) mass is 322 g/mol. The molecule has 116 valence electrons. The Hall–Kier alpha value is -2.19. The highest BCUT2D eigenvalue weighted by atomic mass is 32.2. The zero-order valence-corrected chi connectivity index (χ0v) is 13.9. The topological polar surface area (TPSA) is 44.3 Å². The molecule has 3 aromatic rings. The third-order valence-corrected chi connectivity index (χ3v) is 5.46. The van der Waals surface area contributed by atoms with E-state index in [1.54, 1.807) is 0 Å². The van der Waals surface area contributed by atoms with Crippen LogP contribution in [0.3, 0.4) is 0 Å². The molecule has 1 fully saturated rings. The van der Waals surface area contributed by atoms with Gasteiger partial charge in [-0.1, -0.05) is 12.1 Å². The van der Waals surface area contributed by atoms with Crippen molar-refractivity contribution in [3.05, 3.63) is 41.5 Å². The minimum absolute atomic E-state index is 0.675. The molecule has 0 amide bonds. The van der Waals surface area contributed by atoms with Gasteiger partial charge in [0, 0.05) is 18.8 Å². The van der Waals surface area contributed by atoms with E-state index in [2.05, 4.69) is 27.5 Å². The van der Waals surface area contributed by atoms with E-state index in [0.29, 0.717) is 5.56 Å². The first-order chi connectivity index (χ1) is 11.3. The second-order valence-corrected chi connectivity index (χ2v) is 7.11. The summed E-state index contributed by atoms with van der Waals surface area (Å²) in [7, 11) is 0. The fourth-order valence-corrected chi connectivity index (χ4v) is 4.17. The lowest BCUT2D eigenvalue weighted by Gasteiger charge is -2.24. The van der Waals surface area contributed by atoms with Gasteiger partial charge in [0.15, 0.2) is 5.65 Å². The van der Waals surface area contributed by atoms with Gasteiger partial charge in [0.1, 0.15) is 11.9 Å². The molecule has 1 aliphatic heterocycles. The van der Waals surface area contributed by atoms with Crippen molar-refractivity contribution in [1.29, 1.82) is 5.26 Å². The Balaban J connectivity index is 2.05. The summed E-state index contributed by atoms with van der Waals surface area (Å²) in [5, 5.41) is 9.57. The van der Waals surface area contributed by atoms with Crippen LogP contribution in [0.15, 0.2) is 30.3 Å². The van der Waals surface area contributed by atoms with E-state index in [1.165, 1.54) is 12.2 Å². The molecule has 0 radical (unpaired) electrons. The Morgan fingerprint density at radius 3 is 2.96 bits per heavy atom. The molecule has 23 heavy (non-hydrogen) atoms. The number of pyridine rings is 1. The molecule has 1 aliphatic rings. The van der Waals surface area contributed by atoms with Crippen molar-refractivity contribution < 1.29 is 0 Å².